The molecule has 0 aromatic heterocycles. The molecule has 1 saturated heterocycles. The van der Waals surface area contributed by atoms with Crippen LogP contribution in [0.4, 0.5) is 13.2 Å². The van der Waals surface area contributed by atoms with Gasteiger partial charge in [0.15, 0.2) is 0 Å². The monoisotopic (exact) mass is 421 g/mol. The fraction of sp³-hybridized carbons (Fsp3) is 0.409. The molecule has 1 N–H and O–H groups in total. The summed E-state index contributed by atoms with van der Waals surface area (Å²) in [5.74, 6) is 0. The van der Waals surface area contributed by atoms with Crippen molar-refractivity contribution in [2.45, 2.75) is 53.7 Å². The van der Waals surface area contributed by atoms with Crippen molar-refractivity contribution in [3.8, 4) is 6.07 Å². The second-order valence-electron chi connectivity index (χ2n) is 7.75. The van der Waals surface area contributed by atoms with E-state index in [9.17, 15) is 23.5 Å². The summed E-state index contributed by atoms with van der Waals surface area (Å²) >= 11 is 1.18. The number of halogens is 3. The van der Waals surface area contributed by atoms with Crippen molar-refractivity contribution in [1.82, 2.24) is 0 Å². The third-order valence-corrected chi connectivity index (χ3v) is 6.12. The molecule has 1 fully saturated rings. The normalized spacial score (nSPS) is 17.0. The highest BCUT2D eigenvalue weighted by Crippen LogP contribution is 2.41. The van der Waals surface area contributed by atoms with Crippen molar-refractivity contribution in [2.75, 3.05) is 13.2 Å². The van der Waals surface area contributed by atoms with Crippen molar-refractivity contribution in [2.24, 2.45) is 0 Å². The third kappa shape index (κ3) is 4.95. The molecule has 1 aliphatic rings. The average Bonchev–Trinajstić information content (AvgIpc) is 2.68. The van der Waals surface area contributed by atoms with Gasteiger partial charge in [0.2, 0.25) is 0 Å². The molecular weight excluding hydrogens is 399 g/mol. The summed E-state index contributed by atoms with van der Waals surface area (Å²) in [4.78, 5) is 1.12. The standard InChI is InChI=1S/C22H22F3NO2S/c1-20(2,14-26)15-4-3-5-18(11-15)29-19-12-16(10-17(13-19)22(23,24)25)21(27)6-8-28-9-7-21/h3-5,10-13,27H,6-9H2,1-2H3. The number of nitrogens with zero attached hydrogens (tertiary/aromatic N) is 1. The molecule has 0 saturated carbocycles. The summed E-state index contributed by atoms with van der Waals surface area (Å²) in [5, 5.41) is 20.3. The Balaban J connectivity index is 2.00. The topological polar surface area (TPSA) is 53.2 Å². The maximum Gasteiger partial charge on any atom is 0.416 e. The lowest BCUT2D eigenvalue weighted by molar-refractivity contribution is -0.138. The number of rotatable bonds is 4. The lowest BCUT2D eigenvalue weighted by Gasteiger charge is -2.33. The predicted octanol–water partition coefficient (Wildman–Crippen LogP) is 5.66. The average molecular weight is 421 g/mol. The van der Waals surface area contributed by atoms with E-state index in [-0.39, 0.29) is 18.4 Å². The van der Waals surface area contributed by atoms with Crippen molar-refractivity contribution < 1.29 is 23.0 Å². The molecule has 7 heteroatoms. The molecule has 0 atom stereocenters. The van der Waals surface area contributed by atoms with Gasteiger partial charge in [0.05, 0.1) is 22.6 Å². The van der Waals surface area contributed by atoms with Gasteiger partial charge in [0.25, 0.3) is 0 Å². The number of alkyl halides is 3. The summed E-state index contributed by atoms with van der Waals surface area (Å²) in [6.07, 6.45) is -4.01. The van der Waals surface area contributed by atoms with Gasteiger partial charge in [-0.25, -0.2) is 0 Å². The van der Waals surface area contributed by atoms with E-state index in [0.717, 1.165) is 22.6 Å². The van der Waals surface area contributed by atoms with Crippen molar-refractivity contribution in [3.05, 3.63) is 59.2 Å². The minimum absolute atomic E-state index is 0.254. The van der Waals surface area contributed by atoms with E-state index >= 15 is 0 Å². The second-order valence-corrected chi connectivity index (χ2v) is 8.90. The summed E-state index contributed by atoms with van der Waals surface area (Å²) < 4.78 is 45.7. The Morgan fingerprint density at radius 3 is 2.31 bits per heavy atom. The highest BCUT2D eigenvalue weighted by atomic mass is 32.2. The van der Waals surface area contributed by atoms with Gasteiger partial charge in [-0.1, -0.05) is 23.9 Å². The fourth-order valence-corrected chi connectivity index (χ4v) is 4.21. The Hall–Kier alpha value is -2.01. The lowest BCUT2D eigenvalue weighted by atomic mass is 9.85. The summed E-state index contributed by atoms with van der Waals surface area (Å²) in [6, 6.07) is 13.2. The SMILES string of the molecule is CC(C)(C#N)c1cccc(Sc2cc(C(F)(F)F)cc(C3(O)CCOCC3)c2)c1. The first-order valence-corrected chi connectivity index (χ1v) is 10.1. The van der Waals surface area contributed by atoms with Gasteiger partial charge in [-0.2, -0.15) is 18.4 Å². The van der Waals surface area contributed by atoms with Gasteiger partial charge >= 0.3 is 6.18 Å². The molecule has 2 aromatic carbocycles. The van der Waals surface area contributed by atoms with Crippen LogP contribution in [0, 0.1) is 11.3 Å². The van der Waals surface area contributed by atoms with Crippen LogP contribution < -0.4 is 0 Å². The van der Waals surface area contributed by atoms with Crippen LogP contribution in [0.2, 0.25) is 0 Å². The number of aliphatic hydroxyl groups is 1. The second kappa shape index (κ2) is 8.02. The Kier molecular flexibility index (Phi) is 6.00. The van der Waals surface area contributed by atoms with E-state index < -0.39 is 22.8 Å². The van der Waals surface area contributed by atoms with Crippen molar-refractivity contribution >= 4 is 11.8 Å². The molecule has 3 rings (SSSR count). The molecule has 154 valence electrons. The largest absolute Gasteiger partial charge is 0.416 e. The van der Waals surface area contributed by atoms with E-state index in [4.69, 9.17) is 4.74 Å². The van der Waals surface area contributed by atoms with Crippen LogP contribution in [0.25, 0.3) is 0 Å². The molecular formula is C22H22F3NO2S. The summed E-state index contributed by atoms with van der Waals surface area (Å²) in [5.41, 5.74) is -1.77. The predicted molar refractivity (Wildman–Crippen MR) is 105 cm³/mol. The highest BCUT2D eigenvalue weighted by Gasteiger charge is 2.36. The van der Waals surface area contributed by atoms with Gasteiger partial charge in [-0.3, -0.25) is 0 Å². The first-order chi connectivity index (χ1) is 13.5. The number of hydrogen-bond donors (Lipinski definition) is 1. The van der Waals surface area contributed by atoms with E-state index in [1.165, 1.54) is 11.8 Å². The third-order valence-electron chi connectivity index (χ3n) is 5.16. The van der Waals surface area contributed by atoms with Crippen LogP contribution in [-0.4, -0.2) is 18.3 Å². The Morgan fingerprint density at radius 1 is 1.03 bits per heavy atom. The van der Waals surface area contributed by atoms with Crippen LogP contribution in [0.3, 0.4) is 0 Å². The maximum absolute atomic E-state index is 13.5. The molecule has 0 amide bonds. The van der Waals surface area contributed by atoms with Crippen LogP contribution in [0.1, 0.15) is 43.4 Å². The Morgan fingerprint density at radius 2 is 1.69 bits per heavy atom. The molecule has 0 radical (unpaired) electrons. The van der Waals surface area contributed by atoms with Gasteiger partial charge < -0.3 is 9.84 Å². The van der Waals surface area contributed by atoms with E-state index in [1.54, 1.807) is 32.0 Å². The molecule has 0 aliphatic carbocycles. The zero-order valence-electron chi connectivity index (χ0n) is 16.2. The number of nitriles is 1. The quantitative estimate of drug-likeness (QED) is 0.693. The molecule has 0 spiro atoms. The molecule has 0 unspecified atom stereocenters. The summed E-state index contributed by atoms with van der Waals surface area (Å²) in [7, 11) is 0. The van der Waals surface area contributed by atoms with Crippen LogP contribution in [-0.2, 0) is 21.9 Å². The summed E-state index contributed by atoms with van der Waals surface area (Å²) in [6.45, 7) is 4.20. The number of ether oxygens (including phenoxy) is 1. The highest BCUT2D eigenvalue weighted by molar-refractivity contribution is 7.99. The van der Waals surface area contributed by atoms with Gasteiger partial charge in [-0.15, -0.1) is 0 Å². The number of hydrogen-bond acceptors (Lipinski definition) is 4. The van der Waals surface area contributed by atoms with E-state index in [0.29, 0.717) is 18.1 Å². The first kappa shape index (κ1) is 21.7. The molecule has 2 aromatic rings. The maximum atomic E-state index is 13.5. The van der Waals surface area contributed by atoms with Crippen molar-refractivity contribution in [3.63, 3.8) is 0 Å². The first-order valence-electron chi connectivity index (χ1n) is 9.26. The lowest BCUT2D eigenvalue weighted by Crippen LogP contribution is -2.33. The zero-order chi connectivity index (χ0) is 21.3. The molecule has 29 heavy (non-hydrogen) atoms. The molecule has 1 aliphatic heterocycles. The Labute approximate surface area is 172 Å². The molecule has 3 nitrogen and oxygen atoms in total. The van der Waals surface area contributed by atoms with Crippen LogP contribution >= 0.6 is 11.8 Å². The zero-order valence-corrected chi connectivity index (χ0v) is 17.0. The Bertz CT molecular complexity index is 928. The molecule has 1 heterocycles. The minimum Gasteiger partial charge on any atom is -0.385 e. The molecule has 0 bridgehead atoms. The van der Waals surface area contributed by atoms with Crippen molar-refractivity contribution in [1.29, 1.82) is 5.26 Å². The minimum atomic E-state index is -4.52. The van der Waals surface area contributed by atoms with E-state index in [1.807, 2.05) is 12.1 Å². The van der Waals surface area contributed by atoms with Crippen LogP contribution in [0.15, 0.2) is 52.3 Å². The van der Waals surface area contributed by atoms with Crippen LogP contribution in [0.5, 0.6) is 0 Å². The number of benzene rings is 2. The van der Waals surface area contributed by atoms with Gasteiger partial charge in [-0.05, 0) is 55.3 Å². The van der Waals surface area contributed by atoms with E-state index in [2.05, 4.69) is 6.07 Å². The van der Waals surface area contributed by atoms with Gasteiger partial charge in [0, 0.05) is 35.8 Å². The fourth-order valence-electron chi connectivity index (χ4n) is 3.24. The van der Waals surface area contributed by atoms with Gasteiger partial charge in [0.1, 0.15) is 0 Å². The smallest absolute Gasteiger partial charge is 0.385 e.